The van der Waals surface area contributed by atoms with Gasteiger partial charge in [0.1, 0.15) is 0 Å². The molecule has 4 nitrogen and oxygen atoms in total. The van der Waals surface area contributed by atoms with E-state index < -0.39 is 25.4 Å². The van der Waals surface area contributed by atoms with Crippen LogP contribution < -0.4 is 9.64 Å². The molecule has 1 aliphatic heterocycles. The lowest BCUT2D eigenvalue weighted by atomic mass is 9.98. The van der Waals surface area contributed by atoms with E-state index in [9.17, 15) is 22.2 Å². The smallest absolute Gasteiger partial charge is 0.491 e. The first-order valence-corrected chi connectivity index (χ1v) is 6.73. The molecular formula is C14H13BF4NO3. The third-order valence-electron chi connectivity index (χ3n) is 3.58. The van der Waals surface area contributed by atoms with E-state index in [1.165, 1.54) is 13.3 Å². The first-order chi connectivity index (χ1) is 10.9. The van der Waals surface area contributed by atoms with Gasteiger partial charge >= 0.3 is 13.8 Å². The van der Waals surface area contributed by atoms with E-state index in [4.69, 9.17) is 9.84 Å². The Labute approximate surface area is 130 Å². The average Bonchev–Trinajstić information content (AvgIpc) is 3.33. The lowest BCUT2D eigenvalue weighted by Gasteiger charge is -2.30. The van der Waals surface area contributed by atoms with Gasteiger partial charge in [-0.1, -0.05) is 0 Å². The fourth-order valence-electron chi connectivity index (χ4n) is 2.50. The molecule has 0 unspecified atom stereocenters. The van der Waals surface area contributed by atoms with E-state index in [1.54, 1.807) is 4.90 Å². The van der Waals surface area contributed by atoms with Crippen molar-refractivity contribution in [3.63, 3.8) is 0 Å². The Bertz CT molecular complexity index is 649. The van der Waals surface area contributed by atoms with Crippen molar-refractivity contribution in [3.8, 4) is 5.75 Å². The summed E-state index contributed by atoms with van der Waals surface area (Å²) in [5, 5.41) is 9.14. The highest BCUT2D eigenvalue weighted by Gasteiger charge is 2.36. The van der Waals surface area contributed by atoms with Crippen LogP contribution in [0.3, 0.4) is 0 Å². The number of halogens is 4. The second kappa shape index (κ2) is 6.93. The van der Waals surface area contributed by atoms with Gasteiger partial charge in [0, 0.05) is 18.7 Å². The van der Waals surface area contributed by atoms with Crippen LogP contribution in [0.2, 0.25) is 0 Å². The van der Waals surface area contributed by atoms with E-state index in [0.717, 1.165) is 18.9 Å². The van der Waals surface area contributed by atoms with Gasteiger partial charge in [0.2, 0.25) is 5.82 Å². The number of nitrogens with zero attached hydrogens (tertiary/aromatic N) is 1. The zero-order chi connectivity index (χ0) is 17.1. The van der Waals surface area contributed by atoms with Gasteiger partial charge in [-0.05, 0) is 24.5 Å². The maximum Gasteiger partial charge on any atom is 0.577 e. The minimum absolute atomic E-state index is 0.0570. The van der Waals surface area contributed by atoms with E-state index in [2.05, 4.69) is 0 Å². The lowest BCUT2D eigenvalue weighted by molar-refractivity contribution is -0.132. The Morgan fingerprint density at radius 1 is 1.39 bits per heavy atom. The molecule has 1 fully saturated rings. The molecule has 1 saturated carbocycles. The van der Waals surface area contributed by atoms with Crippen LogP contribution in [0.1, 0.15) is 18.4 Å². The number of aliphatic carboxylic acids is 1. The fourth-order valence-corrected chi connectivity index (χ4v) is 2.50. The predicted octanol–water partition coefficient (Wildman–Crippen LogP) is 2.93. The van der Waals surface area contributed by atoms with Gasteiger partial charge in [0.05, 0.1) is 18.4 Å². The number of carboxylic acids is 1. The first kappa shape index (κ1) is 17.2. The van der Waals surface area contributed by atoms with Crippen LogP contribution >= 0.6 is 0 Å². The van der Waals surface area contributed by atoms with E-state index >= 15 is 0 Å². The second-order valence-electron chi connectivity index (χ2n) is 5.07. The van der Waals surface area contributed by atoms with Crippen LogP contribution in [0.5, 0.6) is 5.75 Å². The number of fused-ring (bicyclic) bond motifs is 1. The standard InChI is InChI=1S/C14H13F2NO3.BF2/c1-20-13-11(16)10(15)5-7-4-8(14(18)19)6-17(12(7)13)9-2-3-9;2-1-3/h5-6,9H,2-4H2,1H3,(H,18,19);. The number of ether oxygens (including phenoxy) is 1. The number of hydrogen-bond donors (Lipinski definition) is 1. The zero-order valence-corrected chi connectivity index (χ0v) is 12.2. The van der Waals surface area contributed by atoms with Gasteiger partial charge in [-0.3, -0.25) is 8.63 Å². The summed E-state index contributed by atoms with van der Waals surface area (Å²) in [5.41, 5.74) is 1.05. The molecule has 1 aromatic carbocycles. The number of hydrogen-bond acceptors (Lipinski definition) is 3. The Hall–Kier alpha value is -2.19. The number of anilines is 1. The molecule has 0 aromatic heterocycles. The highest BCUT2D eigenvalue weighted by molar-refractivity contribution is 6.15. The number of methoxy groups -OCH3 is 1. The third-order valence-corrected chi connectivity index (χ3v) is 3.58. The summed E-state index contributed by atoms with van der Waals surface area (Å²) in [6.07, 6.45) is 3.35. The Morgan fingerprint density at radius 2 is 2.00 bits per heavy atom. The highest BCUT2D eigenvalue weighted by Crippen LogP contribution is 2.45. The van der Waals surface area contributed by atoms with Gasteiger partial charge in [-0.2, -0.15) is 4.39 Å². The Morgan fingerprint density at radius 3 is 2.48 bits per heavy atom. The second-order valence-corrected chi connectivity index (χ2v) is 5.07. The van der Waals surface area contributed by atoms with Gasteiger partial charge in [0.25, 0.3) is 0 Å². The molecule has 1 radical (unpaired) electrons. The summed E-state index contributed by atoms with van der Waals surface area (Å²) in [4.78, 5) is 12.9. The molecular weight excluding hydrogens is 317 g/mol. The van der Waals surface area contributed by atoms with Crippen LogP contribution in [0.25, 0.3) is 0 Å². The van der Waals surface area contributed by atoms with Crippen LogP contribution in [0.15, 0.2) is 17.8 Å². The number of carboxylic acid groups (broad SMARTS) is 1. The van der Waals surface area contributed by atoms with E-state index in [1.807, 2.05) is 0 Å². The maximum absolute atomic E-state index is 13.8. The van der Waals surface area contributed by atoms with Crippen LogP contribution in [-0.2, 0) is 11.2 Å². The lowest BCUT2D eigenvalue weighted by Crippen LogP contribution is -2.27. The molecule has 1 N–H and O–H groups in total. The van der Waals surface area contributed by atoms with Crippen molar-refractivity contribution in [2.45, 2.75) is 25.3 Å². The van der Waals surface area contributed by atoms with Gasteiger partial charge in [-0.25, -0.2) is 9.18 Å². The maximum atomic E-state index is 13.8. The monoisotopic (exact) mass is 330 g/mol. The van der Waals surface area contributed by atoms with Crippen molar-refractivity contribution >= 4 is 19.5 Å². The van der Waals surface area contributed by atoms with E-state index in [0.29, 0.717) is 11.3 Å². The minimum atomic E-state index is -1.05. The van der Waals surface area contributed by atoms with Crippen LogP contribution in [0, 0.1) is 11.6 Å². The van der Waals surface area contributed by atoms with Gasteiger partial charge in [-0.15, -0.1) is 0 Å². The largest absolute Gasteiger partial charge is 0.577 e. The molecule has 1 aromatic rings. The summed E-state index contributed by atoms with van der Waals surface area (Å²) >= 11 is 0. The summed E-state index contributed by atoms with van der Waals surface area (Å²) < 4.78 is 51.4. The first-order valence-electron chi connectivity index (χ1n) is 6.73. The number of benzene rings is 1. The molecule has 0 atom stereocenters. The van der Waals surface area contributed by atoms with Crippen molar-refractivity contribution in [3.05, 3.63) is 35.0 Å². The quantitative estimate of drug-likeness (QED) is 0.684. The molecule has 2 aliphatic rings. The van der Waals surface area contributed by atoms with Crippen molar-refractivity contribution in [2.75, 3.05) is 12.0 Å². The molecule has 123 valence electrons. The van der Waals surface area contributed by atoms with Crippen molar-refractivity contribution < 1.29 is 32.1 Å². The van der Waals surface area contributed by atoms with Gasteiger partial charge < -0.3 is 14.7 Å². The minimum Gasteiger partial charge on any atom is -0.491 e. The van der Waals surface area contributed by atoms with Crippen molar-refractivity contribution in [2.24, 2.45) is 0 Å². The molecule has 23 heavy (non-hydrogen) atoms. The van der Waals surface area contributed by atoms with Crippen LogP contribution in [-0.4, -0.2) is 32.1 Å². The zero-order valence-electron chi connectivity index (χ0n) is 12.2. The van der Waals surface area contributed by atoms with Crippen molar-refractivity contribution in [1.29, 1.82) is 0 Å². The Kier molecular flexibility index (Phi) is 5.17. The molecule has 1 heterocycles. The fraction of sp³-hybridized carbons (Fsp3) is 0.357. The predicted molar refractivity (Wildman–Crippen MR) is 75.8 cm³/mol. The topological polar surface area (TPSA) is 49.8 Å². The normalized spacial score (nSPS) is 15.9. The average molecular weight is 330 g/mol. The number of rotatable bonds is 3. The molecule has 1 aliphatic carbocycles. The molecule has 3 rings (SSSR count). The summed E-state index contributed by atoms with van der Waals surface area (Å²) in [6.45, 7) is 0. The molecule has 0 saturated heterocycles. The summed E-state index contributed by atoms with van der Waals surface area (Å²) in [6, 6.07) is 1.18. The van der Waals surface area contributed by atoms with E-state index in [-0.39, 0.29) is 23.8 Å². The molecule has 0 amide bonds. The number of carbonyl (C=O) groups is 1. The molecule has 9 heteroatoms. The SMILES string of the molecule is COc1c(F)c(F)cc2c1N(C1CC1)C=C(C(=O)O)C2.F[B]F. The third kappa shape index (κ3) is 3.43. The van der Waals surface area contributed by atoms with Gasteiger partial charge in [0.15, 0.2) is 11.6 Å². The Balaban J connectivity index is 0.000000595. The summed E-state index contributed by atoms with van der Waals surface area (Å²) in [5.74, 6) is -3.27. The van der Waals surface area contributed by atoms with Crippen LogP contribution in [0.4, 0.5) is 23.1 Å². The highest BCUT2D eigenvalue weighted by atomic mass is 19.2. The van der Waals surface area contributed by atoms with Crippen molar-refractivity contribution in [1.82, 2.24) is 0 Å². The summed E-state index contributed by atoms with van der Waals surface area (Å²) in [7, 11) is 0.277. The molecule has 0 bridgehead atoms. The molecule has 0 spiro atoms.